The molecule has 0 amide bonds. The molecule has 0 saturated carbocycles. The molecular weight excluding hydrogens is 250 g/mol. The maximum Gasteiger partial charge on any atom is 0.151 e. The van der Waals surface area contributed by atoms with E-state index < -0.39 is 9.84 Å². The third kappa shape index (κ3) is 3.81. The first-order valence-corrected chi connectivity index (χ1v) is 8.36. The van der Waals surface area contributed by atoms with Gasteiger partial charge in [0.1, 0.15) is 0 Å². The van der Waals surface area contributed by atoms with Gasteiger partial charge in [0.15, 0.2) is 9.84 Å². The smallest absolute Gasteiger partial charge is 0.151 e. The maximum atomic E-state index is 11.5. The number of sulfone groups is 1. The molecule has 1 aromatic heterocycles. The van der Waals surface area contributed by atoms with Crippen LogP contribution in [0.4, 0.5) is 0 Å². The number of nitrogens with one attached hydrogen (secondary N) is 1. The van der Waals surface area contributed by atoms with Gasteiger partial charge in [-0.25, -0.2) is 8.42 Å². The van der Waals surface area contributed by atoms with E-state index >= 15 is 0 Å². The molecule has 2 heterocycles. The second-order valence-corrected chi connectivity index (χ2v) is 7.17. The molecular formula is C12H21N3O2S. The first kappa shape index (κ1) is 13.5. The topological polar surface area (TPSA) is 64.0 Å². The fraction of sp³-hybridized carbons (Fsp3) is 0.750. The molecule has 1 unspecified atom stereocenters. The number of hydrogen-bond donors (Lipinski definition) is 1. The Kier molecular flexibility index (Phi) is 4.40. The van der Waals surface area contributed by atoms with E-state index in [2.05, 4.69) is 17.3 Å². The fourth-order valence-corrected chi connectivity index (χ4v) is 3.97. The fourth-order valence-electron chi connectivity index (χ4n) is 2.30. The van der Waals surface area contributed by atoms with E-state index in [9.17, 15) is 8.42 Å². The summed E-state index contributed by atoms with van der Waals surface area (Å²) in [5.74, 6) is 0.621. The summed E-state index contributed by atoms with van der Waals surface area (Å²) in [7, 11) is -2.82. The van der Waals surface area contributed by atoms with Crippen molar-refractivity contribution in [2.75, 3.05) is 11.5 Å². The lowest BCUT2D eigenvalue weighted by Crippen LogP contribution is -2.39. The summed E-state index contributed by atoms with van der Waals surface area (Å²) < 4.78 is 24.9. The van der Waals surface area contributed by atoms with Crippen molar-refractivity contribution in [3.8, 4) is 0 Å². The zero-order valence-corrected chi connectivity index (χ0v) is 11.6. The molecule has 1 fully saturated rings. The van der Waals surface area contributed by atoms with Crippen molar-refractivity contribution in [3.05, 3.63) is 18.0 Å². The average Bonchev–Trinajstić information content (AvgIpc) is 2.74. The Labute approximate surface area is 108 Å². The van der Waals surface area contributed by atoms with Gasteiger partial charge in [-0.05, 0) is 19.3 Å². The van der Waals surface area contributed by atoms with Crippen LogP contribution in [0.2, 0.25) is 0 Å². The van der Waals surface area contributed by atoms with Gasteiger partial charge < -0.3 is 5.32 Å². The van der Waals surface area contributed by atoms with E-state index in [1.54, 1.807) is 0 Å². The number of hydrogen-bond acceptors (Lipinski definition) is 4. The number of nitrogens with zero attached hydrogens (tertiary/aromatic N) is 2. The summed E-state index contributed by atoms with van der Waals surface area (Å²) in [5.41, 5.74) is 1.12. The van der Waals surface area contributed by atoms with Gasteiger partial charge in [0, 0.05) is 30.9 Å². The minimum absolute atomic E-state index is 0.0956. The molecule has 6 heteroatoms. The highest BCUT2D eigenvalue weighted by Gasteiger charge is 2.24. The van der Waals surface area contributed by atoms with Gasteiger partial charge >= 0.3 is 0 Å². The Bertz CT molecular complexity index is 481. The van der Waals surface area contributed by atoms with Crippen LogP contribution in [0.1, 0.15) is 31.7 Å². The molecule has 0 aromatic carbocycles. The third-order valence-electron chi connectivity index (χ3n) is 3.20. The van der Waals surface area contributed by atoms with E-state index in [0.29, 0.717) is 12.3 Å². The summed E-state index contributed by atoms with van der Waals surface area (Å²) in [6.45, 7) is 3.74. The second-order valence-electron chi connectivity index (χ2n) is 4.95. The van der Waals surface area contributed by atoms with E-state index in [0.717, 1.165) is 31.4 Å². The average molecular weight is 271 g/mol. The van der Waals surface area contributed by atoms with Crippen LogP contribution in [0, 0.1) is 0 Å². The lowest BCUT2D eigenvalue weighted by Gasteiger charge is -2.22. The molecule has 18 heavy (non-hydrogen) atoms. The van der Waals surface area contributed by atoms with Crippen molar-refractivity contribution in [3.63, 3.8) is 0 Å². The van der Waals surface area contributed by atoms with Gasteiger partial charge in [0.2, 0.25) is 0 Å². The van der Waals surface area contributed by atoms with Crippen LogP contribution in [0.15, 0.2) is 12.4 Å². The maximum absolute atomic E-state index is 11.5. The summed E-state index contributed by atoms with van der Waals surface area (Å²) in [4.78, 5) is 0. The van der Waals surface area contributed by atoms with Crippen LogP contribution in [0.25, 0.3) is 0 Å². The Morgan fingerprint density at radius 2 is 2.39 bits per heavy atom. The SMILES string of the molecule is CCCn1cc(CNC2CCCS(=O)(=O)C2)cn1. The van der Waals surface area contributed by atoms with Crippen LogP contribution in [-0.4, -0.2) is 35.7 Å². The summed E-state index contributed by atoms with van der Waals surface area (Å²) in [6, 6.07) is 0.0956. The summed E-state index contributed by atoms with van der Waals surface area (Å²) in [5, 5.41) is 7.57. The number of aromatic nitrogens is 2. The number of rotatable bonds is 5. The minimum atomic E-state index is -2.82. The number of aryl methyl sites for hydroxylation is 1. The first-order chi connectivity index (χ1) is 8.59. The zero-order valence-electron chi connectivity index (χ0n) is 10.8. The Morgan fingerprint density at radius 1 is 1.56 bits per heavy atom. The molecule has 0 bridgehead atoms. The van der Waals surface area contributed by atoms with Crippen molar-refractivity contribution < 1.29 is 8.42 Å². The van der Waals surface area contributed by atoms with Crippen LogP contribution < -0.4 is 5.32 Å². The molecule has 0 aliphatic carbocycles. The van der Waals surface area contributed by atoms with E-state index in [-0.39, 0.29) is 11.8 Å². The third-order valence-corrected chi connectivity index (χ3v) is 5.02. The van der Waals surface area contributed by atoms with Crippen molar-refractivity contribution in [1.82, 2.24) is 15.1 Å². The van der Waals surface area contributed by atoms with Crippen LogP contribution in [-0.2, 0) is 22.9 Å². The Morgan fingerprint density at radius 3 is 3.11 bits per heavy atom. The van der Waals surface area contributed by atoms with Crippen LogP contribution >= 0.6 is 0 Å². The van der Waals surface area contributed by atoms with Gasteiger partial charge in [0.05, 0.1) is 17.7 Å². The van der Waals surface area contributed by atoms with Crippen molar-refractivity contribution in [2.24, 2.45) is 0 Å². The van der Waals surface area contributed by atoms with E-state index in [4.69, 9.17) is 0 Å². The lowest BCUT2D eigenvalue weighted by atomic mass is 10.2. The predicted octanol–water partition coefficient (Wildman–Crippen LogP) is 0.960. The van der Waals surface area contributed by atoms with Crippen molar-refractivity contribution >= 4 is 9.84 Å². The highest BCUT2D eigenvalue weighted by atomic mass is 32.2. The monoisotopic (exact) mass is 271 g/mol. The van der Waals surface area contributed by atoms with Crippen LogP contribution in [0.5, 0.6) is 0 Å². The highest BCUT2D eigenvalue weighted by Crippen LogP contribution is 2.12. The molecule has 5 nitrogen and oxygen atoms in total. The highest BCUT2D eigenvalue weighted by molar-refractivity contribution is 7.91. The normalized spacial score (nSPS) is 23.1. The Hall–Kier alpha value is -0.880. The molecule has 1 saturated heterocycles. The predicted molar refractivity (Wildman–Crippen MR) is 71.0 cm³/mol. The molecule has 0 radical (unpaired) electrons. The minimum Gasteiger partial charge on any atom is -0.309 e. The molecule has 2 rings (SSSR count). The van der Waals surface area contributed by atoms with Gasteiger partial charge in [-0.15, -0.1) is 0 Å². The Balaban J connectivity index is 1.83. The largest absolute Gasteiger partial charge is 0.309 e. The van der Waals surface area contributed by atoms with Crippen molar-refractivity contribution in [2.45, 2.75) is 45.3 Å². The van der Waals surface area contributed by atoms with E-state index in [1.165, 1.54) is 0 Å². The van der Waals surface area contributed by atoms with Gasteiger partial charge in [0.25, 0.3) is 0 Å². The van der Waals surface area contributed by atoms with Gasteiger partial charge in [-0.2, -0.15) is 5.10 Å². The molecule has 102 valence electrons. The molecule has 1 aliphatic rings. The summed E-state index contributed by atoms with van der Waals surface area (Å²) >= 11 is 0. The molecule has 1 atom stereocenters. The van der Waals surface area contributed by atoms with Crippen molar-refractivity contribution in [1.29, 1.82) is 0 Å². The van der Waals surface area contributed by atoms with E-state index in [1.807, 2.05) is 17.1 Å². The standard InChI is InChI=1S/C12H21N3O2S/c1-2-5-15-9-11(8-14-15)7-13-12-4-3-6-18(16,17)10-12/h8-9,12-13H,2-7,10H2,1H3. The molecule has 0 spiro atoms. The zero-order chi connectivity index (χ0) is 13.0. The van der Waals surface area contributed by atoms with Gasteiger partial charge in [-0.3, -0.25) is 4.68 Å². The molecule has 1 aromatic rings. The molecule has 1 N–H and O–H groups in total. The van der Waals surface area contributed by atoms with Gasteiger partial charge in [-0.1, -0.05) is 6.92 Å². The summed E-state index contributed by atoms with van der Waals surface area (Å²) in [6.07, 6.45) is 6.65. The molecule has 1 aliphatic heterocycles. The first-order valence-electron chi connectivity index (χ1n) is 6.54. The second kappa shape index (κ2) is 5.84. The lowest BCUT2D eigenvalue weighted by molar-refractivity contribution is 0.480. The quantitative estimate of drug-likeness (QED) is 0.866. The van der Waals surface area contributed by atoms with Crippen LogP contribution in [0.3, 0.4) is 0 Å².